The Bertz CT molecular complexity index is 550. The first kappa shape index (κ1) is 14.0. The Kier molecular flexibility index (Phi) is 4.65. The van der Waals surface area contributed by atoms with Gasteiger partial charge in [-0.2, -0.15) is 16.7 Å². The van der Waals surface area contributed by atoms with Gasteiger partial charge in [0.05, 0.1) is 11.8 Å². The van der Waals surface area contributed by atoms with Crippen LogP contribution < -0.4 is 5.32 Å². The third-order valence-electron chi connectivity index (χ3n) is 3.09. The second-order valence-electron chi connectivity index (χ2n) is 4.73. The first-order valence-electron chi connectivity index (χ1n) is 6.64. The monoisotopic (exact) mass is 307 g/mol. The van der Waals surface area contributed by atoms with Crippen LogP contribution in [0.2, 0.25) is 0 Å². The van der Waals surface area contributed by atoms with Crippen LogP contribution in [-0.4, -0.2) is 28.2 Å². The number of rotatable bonds is 4. The summed E-state index contributed by atoms with van der Waals surface area (Å²) >= 11 is 3.65. The summed E-state index contributed by atoms with van der Waals surface area (Å²) in [6.45, 7) is 3.10. The van der Waals surface area contributed by atoms with Crippen LogP contribution >= 0.6 is 23.5 Å². The quantitative estimate of drug-likeness (QED) is 0.876. The van der Waals surface area contributed by atoms with Crippen molar-refractivity contribution in [2.24, 2.45) is 0 Å². The van der Waals surface area contributed by atoms with Crippen LogP contribution in [0.3, 0.4) is 0 Å². The fraction of sp³-hybridized carbons (Fsp3) is 0.429. The van der Waals surface area contributed by atoms with Crippen molar-refractivity contribution in [3.8, 4) is 0 Å². The fourth-order valence-corrected chi connectivity index (χ4v) is 3.64. The van der Waals surface area contributed by atoms with Crippen molar-refractivity contribution >= 4 is 23.5 Å². The molecule has 106 valence electrons. The van der Waals surface area contributed by atoms with Crippen molar-refractivity contribution in [3.05, 3.63) is 41.5 Å². The summed E-state index contributed by atoms with van der Waals surface area (Å²) in [7, 11) is 0. The van der Waals surface area contributed by atoms with Crippen molar-refractivity contribution < 1.29 is 4.52 Å². The highest BCUT2D eigenvalue weighted by atomic mass is 32.2. The molecule has 0 radical (unpaired) electrons. The SMILES string of the molecule is Cc1ccc(SCc2noc(C3CSCCN3)n2)cc1. The minimum absolute atomic E-state index is 0.208. The summed E-state index contributed by atoms with van der Waals surface area (Å²) in [5.74, 6) is 4.39. The van der Waals surface area contributed by atoms with Crippen molar-refractivity contribution in [1.29, 1.82) is 0 Å². The van der Waals surface area contributed by atoms with Gasteiger partial charge in [0, 0.05) is 22.9 Å². The Hall–Kier alpha value is -0.980. The van der Waals surface area contributed by atoms with E-state index in [4.69, 9.17) is 4.52 Å². The Morgan fingerprint density at radius 1 is 1.40 bits per heavy atom. The minimum atomic E-state index is 0.208. The summed E-state index contributed by atoms with van der Waals surface area (Å²) in [6.07, 6.45) is 0. The van der Waals surface area contributed by atoms with E-state index in [1.807, 2.05) is 11.8 Å². The number of aryl methyl sites for hydroxylation is 1. The molecule has 0 amide bonds. The molecule has 1 N–H and O–H groups in total. The Morgan fingerprint density at radius 2 is 2.25 bits per heavy atom. The van der Waals surface area contributed by atoms with Crippen molar-refractivity contribution in [2.45, 2.75) is 23.6 Å². The van der Waals surface area contributed by atoms with Gasteiger partial charge in [-0.1, -0.05) is 22.9 Å². The molecular formula is C14H17N3OS2. The highest BCUT2D eigenvalue weighted by molar-refractivity contribution is 7.99. The lowest BCUT2D eigenvalue weighted by Crippen LogP contribution is -2.30. The number of aromatic nitrogens is 2. The lowest BCUT2D eigenvalue weighted by Gasteiger charge is -2.19. The molecule has 3 rings (SSSR count). The number of nitrogens with one attached hydrogen (secondary N) is 1. The zero-order chi connectivity index (χ0) is 13.8. The zero-order valence-electron chi connectivity index (χ0n) is 11.3. The van der Waals surface area contributed by atoms with E-state index in [0.29, 0.717) is 0 Å². The van der Waals surface area contributed by atoms with Gasteiger partial charge in [0.25, 0.3) is 0 Å². The molecule has 0 saturated carbocycles. The van der Waals surface area contributed by atoms with Gasteiger partial charge < -0.3 is 9.84 Å². The summed E-state index contributed by atoms with van der Waals surface area (Å²) in [5.41, 5.74) is 1.28. The Labute approximate surface area is 127 Å². The highest BCUT2D eigenvalue weighted by Gasteiger charge is 2.21. The van der Waals surface area contributed by atoms with Gasteiger partial charge in [-0.3, -0.25) is 0 Å². The second-order valence-corrected chi connectivity index (χ2v) is 6.93. The standard InChI is InChI=1S/C14H17N3OS2/c1-10-2-4-11(5-3-10)20-9-13-16-14(18-17-13)12-8-19-7-6-15-12/h2-5,12,15H,6-9H2,1H3. The molecule has 4 nitrogen and oxygen atoms in total. The molecule has 1 atom stereocenters. The first-order chi connectivity index (χ1) is 9.81. The summed E-state index contributed by atoms with van der Waals surface area (Å²) < 4.78 is 5.36. The number of hydrogen-bond acceptors (Lipinski definition) is 6. The van der Waals surface area contributed by atoms with Crippen LogP contribution in [0.1, 0.15) is 23.3 Å². The molecule has 0 spiro atoms. The fourth-order valence-electron chi connectivity index (χ4n) is 1.97. The number of benzene rings is 1. The van der Waals surface area contributed by atoms with Crippen molar-refractivity contribution in [2.75, 3.05) is 18.1 Å². The smallest absolute Gasteiger partial charge is 0.244 e. The molecule has 0 bridgehead atoms. The predicted molar refractivity (Wildman–Crippen MR) is 83.1 cm³/mol. The zero-order valence-corrected chi connectivity index (χ0v) is 13.0. The number of thioether (sulfide) groups is 2. The molecule has 2 heterocycles. The number of nitrogens with zero attached hydrogens (tertiary/aromatic N) is 2. The van der Waals surface area contributed by atoms with Crippen LogP contribution in [-0.2, 0) is 5.75 Å². The van der Waals surface area contributed by atoms with E-state index in [0.717, 1.165) is 35.5 Å². The molecule has 20 heavy (non-hydrogen) atoms. The van der Waals surface area contributed by atoms with Gasteiger partial charge in [0.1, 0.15) is 0 Å². The van der Waals surface area contributed by atoms with E-state index in [9.17, 15) is 0 Å². The van der Waals surface area contributed by atoms with Crippen LogP contribution in [0.15, 0.2) is 33.7 Å². The molecule has 1 aromatic heterocycles. The minimum Gasteiger partial charge on any atom is -0.338 e. The van der Waals surface area contributed by atoms with Gasteiger partial charge in [0.2, 0.25) is 5.89 Å². The summed E-state index contributed by atoms with van der Waals surface area (Å²) in [5, 5.41) is 7.47. The maximum Gasteiger partial charge on any atom is 0.244 e. The van der Waals surface area contributed by atoms with E-state index in [2.05, 4.69) is 46.6 Å². The predicted octanol–water partition coefficient (Wildman–Crippen LogP) is 3.05. The first-order valence-corrected chi connectivity index (χ1v) is 8.78. The largest absolute Gasteiger partial charge is 0.338 e. The Balaban J connectivity index is 1.58. The third kappa shape index (κ3) is 3.56. The van der Waals surface area contributed by atoms with E-state index >= 15 is 0 Å². The molecule has 6 heteroatoms. The topological polar surface area (TPSA) is 51.0 Å². The molecule has 1 aromatic carbocycles. The summed E-state index contributed by atoms with van der Waals surface area (Å²) in [4.78, 5) is 5.72. The van der Waals surface area contributed by atoms with Gasteiger partial charge in [-0.05, 0) is 19.1 Å². The molecular weight excluding hydrogens is 290 g/mol. The van der Waals surface area contributed by atoms with Gasteiger partial charge in [-0.25, -0.2) is 0 Å². The lowest BCUT2D eigenvalue weighted by atomic mass is 10.2. The van der Waals surface area contributed by atoms with E-state index in [1.165, 1.54) is 10.5 Å². The molecule has 1 aliphatic rings. The average molecular weight is 307 g/mol. The molecule has 0 aliphatic carbocycles. The molecule has 1 fully saturated rings. The second kappa shape index (κ2) is 6.65. The highest BCUT2D eigenvalue weighted by Crippen LogP contribution is 2.24. The third-order valence-corrected chi connectivity index (χ3v) is 5.16. The molecule has 1 unspecified atom stereocenters. The van der Waals surface area contributed by atoms with E-state index < -0.39 is 0 Å². The van der Waals surface area contributed by atoms with Crippen molar-refractivity contribution in [1.82, 2.24) is 15.5 Å². The Morgan fingerprint density at radius 3 is 3.00 bits per heavy atom. The maximum absolute atomic E-state index is 5.36. The molecule has 1 saturated heterocycles. The lowest BCUT2D eigenvalue weighted by molar-refractivity contribution is 0.339. The van der Waals surface area contributed by atoms with Gasteiger partial charge in [-0.15, -0.1) is 11.8 Å². The normalized spacial score (nSPS) is 19.1. The van der Waals surface area contributed by atoms with Crippen LogP contribution in [0, 0.1) is 6.92 Å². The van der Waals surface area contributed by atoms with Crippen LogP contribution in [0.25, 0.3) is 0 Å². The molecule has 1 aliphatic heterocycles. The van der Waals surface area contributed by atoms with Gasteiger partial charge in [0.15, 0.2) is 5.82 Å². The van der Waals surface area contributed by atoms with Crippen molar-refractivity contribution in [3.63, 3.8) is 0 Å². The summed E-state index contributed by atoms with van der Waals surface area (Å²) in [6, 6.07) is 8.69. The van der Waals surface area contributed by atoms with Crippen LogP contribution in [0.4, 0.5) is 0 Å². The van der Waals surface area contributed by atoms with E-state index in [1.54, 1.807) is 11.8 Å². The van der Waals surface area contributed by atoms with Crippen LogP contribution in [0.5, 0.6) is 0 Å². The molecule has 2 aromatic rings. The van der Waals surface area contributed by atoms with Gasteiger partial charge >= 0.3 is 0 Å². The number of hydrogen-bond donors (Lipinski definition) is 1. The average Bonchev–Trinajstić information content (AvgIpc) is 2.97. The van der Waals surface area contributed by atoms with E-state index in [-0.39, 0.29) is 6.04 Å². The maximum atomic E-state index is 5.36.